The summed E-state index contributed by atoms with van der Waals surface area (Å²) in [6, 6.07) is 12.9. The molecular formula is C20H21ClN2O4. The van der Waals surface area contributed by atoms with E-state index >= 15 is 0 Å². The number of carbonyl (C=O) groups excluding carboxylic acids is 1. The lowest BCUT2D eigenvalue weighted by Crippen LogP contribution is -2.43. The van der Waals surface area contributed by atoms with Gasteiger partial charge in [-0.2, -0.15) is 0 Å². The third kappa shape index (κ3) is 4.18. The Morgan fingerprint density at radius 1 is 1.11 bits per heavy atom. The lowest BCUT2D eigenvalue weighted by atomic mass is 10.0. The molecule has 4 rings (SSSR count). The van der Waals surface area contributed by atoms with Gasteiger partial charge in [0.15, 0.2) is 11.5 Å². The number of morpholine rings is 1. The largest absolute Gasteiger partial charge is 0.454 e. The average molecular weight is 389 g/mol. The smallest absolute Gasteiger partial charge is 0.251 e. The van der Waals surface area contributed by atoms with Crippen LogP contribution in [0.5, 0.6) is 11.5 Å². The molecule has 2 heterocycles. The number of carbonyl (C=O) groups is 1. The van der Waals surface area contributed by atoms with E-state index in [0.29, 0.717) is 30.3 Å². The van der Waals surface area contributed by atoms with Crippen molar-refractivity contribution >= 4 is 17.5 Å². The van der Waals surface area contributed by atoms with Crippen LogP contribution in [0.2, 0.25) is 5.02 Å². The van der Waals surface area contributed by atoms with Crippen LogP contribution in [0.15, 0.2) is 42.5 Å². The number of amides is 1. The zero-order valence-electron chi connectivity index (χ0n) is 14.8. The molecule has 6 nitrogen and oxygen atoms in total. The standard InChI is InChI=1S/C20H21ClN2O4/c21-16-3-1-2-15(10-16)20(24)22-12-17(23-6-8-25-9-7-23)14-4-5-18-19(11-14)27-13-26-18/h1-5,10-11,17H,6-9,12-13H2,(H,22,24). The molecule has 0 saturated carbocycles. The Kier molecular flexibility index (Phi) is 5.48. The van der Waals surface area contributed by atoms with Gasteiger partial charge in [0.1, 0.15) is 0 Å². The highest BCUT2D eigenvalue weighted by Crippen LogP contribution is 2.35. The molecule has 0 bridgehead atoms. The maximum Gasteiger partial charge on any atom is 0.251 e. The molecule has 0 radical (unpaired) electrons. The number of benzene rings is 2. The summed E-state index contributed by atoms with van der Waals surface area (Å²) in [5, 5.41) is 3.58. The van der Waals surface area contributed by atoms with E-state index in [1.54, 1.807) is 24.3 Å². The molecular weight excluding hydrogens is 368 g/mol. The van der Waals surface area contributed by atoms with Gasteiger partial charge in [-0.25, -0.2) is 0 Å². The molecule has 2 aromatic carbocycles. The number of rotatable bonds is 5. The van der Waals surface area contributed by atoms with Crippen molar-refractivity contribution in [2.45, 2.75) is 6.04 Å². The molecule has 2 aliphatic rings. The number of hydrogen-bond donors (Lipinski definition) is 1. The first kappa shape index (κ1) is 18.1. The second-order valence-electron chi connectivity index (χ2n) is 6.50. The minimum atomic E-state index is -0.142. The van der Waals surface area contributed by atoms with Crippen molar-refractivity contribution < 1.29 is 19.0 Å². The monoisotopic (exact) mass is 388 g/mol. The molecule has 7 heteroatoms. The Balaban J connectivity index is 1.52. The molecule has 0 aromatic heterocycles. The molecule has 1 atom stereocenters. The average Bonchev–Trinajstić information content (AvgIpc) is 3.17. The van der Waals surface area contributed by atoms with Crippen molar-refractivity contribution in [1.29, 1.82) is 0 Å². The first-order valence-electron chi connectivity index (χ1n) is 8.96. The van der Waals surface area contributed by atoms with E-state index in [9.17, 15) is 4.79 Å². The van der Waals surface area contributed by atoms with E-state index in [1.807, 2.05) is 18.2 Å². The predicted molar refractivity (Wildman–Crippen MR) is 101 cm³/mol. The van der Waals surface area contributed by atoms with Gasteiger partial charge in [-0.3, -0.25) is 9.69 Å². The summed E-state index contributed by atoms with van der Waals surface area (Å²) < 4.78 is 16.4. The number of fused-ring (bicyclic) bond motifs is 1. The van der Waals surface area contributed by atoms with Gasteiger partial charge in [-0.05, 0) is 35.9 Å². The highest BCUT2D eigenvalue weighted by molar-refractivity contribution is 6.30. The summed E-state index contributed by atoms with van der Waals surface area (Å²) in [6.07, 6.45) is 0. The normalized spacial score (nSPS) is 17.5. The maximum absolute atomic E-state index is 12.5. The van der Waals surface area contributed by atoms with E-state index < -0.39 is 0 Å². The van der Waals surface area contributed by atoms with Crippen LogP contribution in [0, 0.1) is 0 Å². The van der Waals surface area contributed by atoms with Gasteiger partial charge >= 0.3 is 0 Å². The van der Waals surface area contributed by atoms with Gasteiger partial charge in [-0.1, -0.05) is 23.7 Å². The Bertz CT molecular complexity index is 823. The van der Waals surface area contributed by atoms with E-state index in [0.717, 1.165) is 30.2 Å². The van der Waals surface area contributed by atoms with Crippen molar-refractivity contribution in [3.05, 3.63) is 58.6 Å². The van der Waals surface area contributed by atoms with Crippen molar-refractivity contribution in [2.75, 3.05) is 39.6 Å². The molecule has 27 heavy (non-hydrogen) atoms. The van der Waals surface area contributed by atoms with E-state index in [4.69, 9.17) is 25.8 Å². The summed E-state index contributed by atoms with van der Waals surface area (Å²) >= 11 is 6.00. The zero-order chi connectivity index (χ0) is 18.6. The molecule has 0 aliphatic carbocycles. The second kappa shape index (κ2) is 8.17. The molecule has 1 N–H and O–H groups in total. The Morgan fingerprint density at radius 2 is 1.93 bits per heavy atom. The van der Waals surface area contributed by atoms with Crippen molar-refractivity contribution in [1.82, 2.24) is 10.2 Å². The van der Waals surface area contributed by atoms with Gasteiger partial charge in [0.2, 0.25) is 6.79 Å². The topological polar surface area (TPSA) is 60.0 Å². The molecule has 1 unspecified atom stereocenters. The van der Waals surface area contributed by atoms with Crippen LogP contribution >= 0.6 is 11.6 Å². The highest BCUT2D eigenvalue weighted by Gasteiger charge is 2.25. The summed E-state index contributed by atoms with van der Waals surface area (Å²) in [6.45, 7) is 3.71. The van der Waals surface area contributed by atoms with Crippen LogP contribution in [0.1, 0.15) is 22.0 Å². The molecule has 2 aliphatic heterocycles. The van der Waals surface area contributed by atoms with Crippen LogP contribution in [-0.2, 0) is 4.74 Å². The second-order valence-corrected chi connectivity index (χ2v) is 6.93. The third-order valence-electron chi connectivity index (χ3n) is 4.81. The Morgan fingerprint density at radius 3 is 2.74 bits per heavy atom. The fourth-order valence-electron chi connectivity index (χ4n) is 3.39. The molecule has 1 saturated heterocycles. The van der Waals surface area contributed by atoms with Gasteiger partial charge < -0.3 is 19.5 Å². The van der Waals surface area contributed by atoms with E-state index in [1.165, 1.54) is 0 Å². The third-order valence-corrected chi connectivity index (χ3v) is 5.05. The minimum Gasteiger partial charge on any atom is -0.454 e. The van der Waals surface area contributed by atoms with Crippen LogP contribution in [0.4, 0.5) is 0 Å². The van der Waals surface area contributed by atoms with Crippen LogP contribution < -0.4 is 14.8 Å². The quantitative estimate of drug-likeness (QED) is 0.853. The first-order chi connectivity index (χ1) is 13.2. The van der Waals surface area contributed by atoms with Crippen LogP contribution in [0.25, 0.3) is 0 Å². The summed E-state index contributed by atoms with van der Waals surface area (Å²) in [7, 11) is 0. The van der Waals surface area contributed by atoms with Gasteiger partial charge in [-0.15, -0.1) is 0 Å². The number of nitrogens with zero attached hydrogens (tertiary/aromatic N) is 1. The zero-order valence-corrected chi connectivity index (χ0v) is 15.6. The first-order valence-corrected chi connectivity index (χ1v) is 9.33. The van der Waals surface area contributed by atoms with Gasteiger partial charge in [0.25, 0.3) is 5.91 Å². The lowest BCUT2D eigenvalue weighted by molar-refractivity contribution is 0.0162. The van der Waals surface area contributed by atoms with Gasteiger partial charge in [0, 0.05) is 30.2 Å². The number of halogens is 1. The fraction of sp³-hybridized carbons (Fsp3) is 0.350. The summed E-state index contributed by atoms with van der Waals surface area (Å²) in [5.41, 5.74) is 1.63. The molecule has 0 spiro atoms. The highest BCUT2D eigenvalue weighted by atomic mass is 35.5. The van der Waals surface area contributed by atoms with Gasteiger partial charge in [0.05, 0.1) is 19.3 Å². The van der Waals surface area contributed by atoms with Crippen molar-refractivity contribution in [3.63, 3.8) is 0 Å². The van der Waals surface area contributed by atoms with Crippen molar-refractivity contribution in [3.8, 4) is 11.5 Å². The number of ether oxygens (including phenoxy) is 3. The minimum absolute atomic E-state index is 0.0199. The Labute approximate surface area is 163 Å². The molecule has 1 fully saturated rings. The van der Waals surface area contributed by atoms with Crippen molar-refractivity contribution in [2.24, 2.45) is 0 Å². The summed E-state index contributed by atoms with van der Waals surface area (Å²) in [5.74, 6) is 1.35. The fourth-order valence-corrected chi connectivity index (χ4v) is 3.58. The summed E-state index contributed by atoms with van der Waals surface area (Å²) in [4.78, 5) is 14.9. The predicted octanol–water partition coefficient (Wildman–Crippen LogP) is 2.87. The maximum atomic E-state index is 12.5. The molecule has 1 amide bonds. The lowest BCUT2D eigenvalue weighted by Gasteiger charge is -2.35. The molecule has 142 valence electrons. The number of nitrogens with one attached hydrogen (secondary N) is 1. The Hall–Kier alpha value is -2.28. The van der Waals surface area contributed by atoms with E-state index in [2.05, 4.69) is 10.2 Å². The SMILES string of the molecule is O=C(NCC(c1ccc2c(c1)OCO2)N1CCOCC1)c1cccc(Cl)c1. The van der Waals surface area contributed by atoms with Crippen LogP contribution in [-0.4, -0.2) is 50.4 Å². The number of hydrogen-bond acceptors (Lipinski definition) is 5. The van der Waals surface area contributed by atoms with E-state index in [-0.39, 0.29) is 18.7 Å². The molecule has 2 aromatic rings. The van der Waals surface area contributed by atoms with Crippen LogP contribution in [0.3, 0.4) is 0 Å².